The van der Waals surface area contributed by atoms with Crippen molar-refractivity contribution in [3.63, 3.8) is 0 Å². The molecule has 21 heavy (non-hydrogen) atoms. The number of halogens is 1. The van der Waals surface area contributed by atoms with Crippen molar-refractivity contribution in [3.05, 3.63) is 59.2 Å². The van der Waals surface area contributed by atoms with Gasteiger partial charge < -0.3 is 14.4 Å². The lowest BCUT2D eigenvalue weighted by atomic mass is 10.2. The summed E-state index contributed by atoms with van der Waals surface area (Å²) < 4.78 is 7.91. The first-order chi connectivity index (χ1) is 10.2. The molecule has 108 valence electrons. The lowest BCUT2D eigenvalue weighted by Gasteiger charge is -2.05. The van der Waals surface area contributed by atoms with Gasteiger partial charge in [-0.1, -0.05) is 17.7 Å². The molecule has 0 aliphatic rings. The van der Waals surface area contributed by atoms with Gasteiger partial charge in [-0.15, -0.1) is 0 Å². The van der Waals surface area contributed by atoms with Gasteiger partial charge in [0.25, 0.3) is 0 Å². The Bertz CT molecular complexity index is 780. The number of hydrogen-bond donors (Lipinski definition) is 1. The Labute approximate surface area is 128 Å². The van der Waals surface area contributed by atoms with Crippen LogP contribution < -0.4 is 4.74 Å². The van der Waals surface area contributed by atoms with E-state index in [0.29, 0.717) is 11.6 Å². The van der Waals surface area contributed by atoms with E-state index in [1.807, 2.05) is 24.3 Å². The van der Waals surface area contributed by atoms with Crippen LogP contribution in [0.4, 0.5) is 0 Å². The van der Waals surface area contributed by atoms with Crippen LogP contribution in [0.2, 0.25) is 5.02 Å². The highest BCUT2D eigenvalue weighted by Gasteiger charge is 2.09. The molecule has 3 rings (SSSR count). The summed E-state index contributed by atoms with van der Waals surface area (Å²) in [5, 5.41) is 11.4. The van der Waals surface area contributed by atoms with E-state index in [1.165, 1.54) is 0 Å². The molecule has 0 spiro atoms. The lowest BCUT2D eigenvalue weighted by Crippen LogP contribution is -1.95. The molecule has 0 radical (unpaired) electrons. The molecule has 0 aliphatic heterocycles. The molecule has 0 atom stereocenters. The van der Waals surface area contributed by atoms with Crippen molar-refractivity contribution in [2.75, 3.05) is 0 Å². The second-order valence-electron chi connectivity index (χ2n) is 4.89. The molecule has 4 heteroatoms. The average Bonchev–Trinajstić information content (AvgIpc) is 2.82. The maximum Gasteiger partial charge on any atom is 0.121 e. The number of hydrogen-bond acceptors (Lipinski definition) is 2. The normalized spacial score (nSPS) is 11.0. The molecule has 1 heterocycles. The van der Waals surface area contributed by atoms with Crippen molar-refractivity contribution in [1.82, 2.24) is 4.57 Å². The van der Waals surface area contributed by atoms with Crippen LogP contribution in [0.15, 0.2) is 48.7 Å². The van der Waals surface area contributed by atoms with Crippen LogP contribution in [-0.2, 0) is 13.2 Å². The Hall–Kier alpha value is -2.13. The number of nitrogens with zero attached hydrogens (tertiary/aromatic N) is 1. The fraction of sp³-hybridized carbons (Fsp3) is 0.176. The van der Waals surface area contributed by atoms with E-state index in [2.05, 4.69) is 17.7 Å². The molecule has 0 saturated heterocycles. The van der Waals surface area contributed by atoms with Crippen LogP contribution in [0.3, 0.4) is 0 Å². The number of fused-ring (bicyclic) bond motifs is 1. The van der Waals surface area contributed by atoms with Gasteiger partial charge in [-0.3, -0.25) is 0 Å². The summed E-state index contributed by atoms with van der Waals surface area (Å²) in [5.74, 6) is 1.02. The Morgan fingerprint density at radius 1 is 1.19 bits per heavy atom. The van der Waals surface area contributed by atoms with Gasteiger partial charge in [0.2, 0.25) is 0 Å². The zero-order valence-electron chi connectivity index (χ0n) is 11.7. The van der Waals surface area contributed by atoms with Gasteiger partial charge in [-0.05, 0) is 37.3 Å². The van der Waals surface area contributed by atoms with E-state index < -0.39 is 0 Å². The van der Waals surface area contributed by atoms with Gasteiger partial charge in [0.15, 0.2) is 0 Å². The Morgan fingerprint density at radius 3 is 2.81 bits per heavy atom. The molecule has 0 aliphatic carbocycles. The Morgan fingerprint density at radius 2 is 2.05 bits per heavy atom. The number of ether oxygens (including phenoxy) is 1. The monoisotopic (exact) mass is 301 g/mol. The summed E-state index contributed by atoms with van der Waals surface area (Å²) in [6.07, 6.45) is 2.06. The number of aromatic hydroxyl groups is 1. The Kier molecular flexibility index (Phi) is 3.76. The quantitative estimate of drug-likeness (QED) is 0.764. The second kappa shape index (κ2) is 5.70. The minimum Gasteiger partial charge on any atom is -0.508 e. The summed E-state index contributed by atoms with van der Waals surface area (Å²) in [6, 6.07) is 12.8. The van der Waals surface area contributed by atoms with Crippen LogP contribution in [-0.4, -0.2) is 9.67 Å². The van der Waals surface area contributed by atoms with E-state index in [4.69, 9.17) is 16.3 Å². The van der Waals surface area contributed by atoms with Crippen molar-refractivity contribution in [2.45, 2.75) is 20.1 Å². The van der Waals surface area contributed by atoms with Crippen LogP contribution in [0.1, 0.15) is 12.5 Å². The maximum atomic E-state index is 9.64. The summed E-state index contributed by atoms with van der Waals surface area (Å²) in [4.78, 5) is 0. The third-order valence-electron chi connectivity index (χ3n) is 3.48. The van der Waals surface area contributed by atoms with E-state index in [-0.39, 0.29) is 5.75 Å². The molecule has 1 N–H and O–H groups in total. The molecule has 0 saturated carbocycles. The fourth-order valence-corrected chi connectivity index (χ4v) is 2.63. The zero-order valence-corrected chi connectivity index (χ0v) is 12.5. The smallest absolute Gasteiger partial charge is 0.121 e. The van der Waals surface area contributed by atoms with Gasteiger partial charge in [-0.2, -0.15) is 0 Å². The van der Waals surface area contributed by atoms with Crippen LogP contribution in [0.5, 0.6) is 11.5 Å². The number of aromatic nitrogens is 1. The first-order valence-corrected chi connectivity index (χ1v) is 7.24. The van der Waals surface area contributed by atoms with E-state index in [0.717, 1.165) is 28.8 Å². The highest BCUT2D eigenvalue weighted by Crippen LogP contribution is 2.27. The summed E-state index contributed by atoms with van der Waals surface area (Å²) in [6.45, 7) is 3.39. The Balaban J connectivity index is 1.90. The minimum absolute atomic E-state index is 0.276. The summed E-state index contributed by atoms with van der Waals surface area (Å²) in [7, 11) is 0. The van der Waals surface area contributed by atoms with Gasteiger partial charge in [0.05, 0.1) is 5.52 Å². The van der Waals surface area contributed by atoms with Crippen molar-refractivity contribution in [3.8, 4) is 11.5 Å². The third kappa shape index (κ3) is 2.83. The highest BCUT2D eigenvalue weighted by atomic mass is 35.5. The van der Waals surface area contributed by atoms with E-state index >= 15 is 0 Å². The van der Waals surface area contributed by atoms with Crippen molar-refractivity contribution in [2.24, 2.45) is 0 Å². The first kappa shape index (κ1) is 13.8. The van der Waals surface area contributed by atoms with Crippen LogP contribution in [0, 0.1) is 0 Å². The molecule has 2 aromatic carbocycles. The predicted molar refractivity (Wildman–Crippen MR) is 85.1 cm³/mol. The number of benzene rings is 2. The molecule has 3 nitrogen and oxygen atoms in total. The topological polar surface area (TPSA) is 34.4 Å². The van der Waals surface area contributed by atoms with Crippen molar-refractivity contribution in [1.29, 1.82) is 0 Å². The lowest BCUT2D eigenvalue weighted by molar-refractivity contribution is 0.307. The largest absolute Gasteiger partial charge is 0.508 e. The van der Waals surface area contributed by atoms with Gasteiger partial charge in [0.1, 0.15) is 18.1 Å². The predicted octanol–water partition coefficient (Wildman–Crippen LogP) is 4.60. The highest BCUT2D eigenvalue weighted by molar-refractivity contribution is 6.30. The summed E-state index contributed by atoms with van der Waals surface area (Å²) >= 11 is 5.95. The first-order valence-electron chi connectivity index (χ1n) is 6.86. The number of aryl methyl sites for hydroxylation is 1. The number of rotatable bonds is 4. The summed E-state index contributed by atoms with van der Waals surface area (Å²) in [5.41, 5.74) is 2.11. The number of phenolic OH excluding ortho intramolecular Hbond substituents is 1. The fourth-order valence-electron chi connectivity index (χ4n) is 2.45. The SMILES string of the molecule is CCn1cc(COc2cccc(Cl)c2)c2ccc(O)cc21. The molecule has 0 bridgehead atoms. The maximum absolute atomic E-state index is 9.64. The molecule has 3 aromatic rings. The molecule has 0 fully saturated rings. The van der Waals surface area contributed by atoms with Gasteiger partial charge in [0, 0.05) is 34.8 Å². The van der Waals surface area contributed by atoms with Crippen LogP contribution in [0.25, 0.3) is 10.9 Å². The molecule has 1 aromatic heterocycles. The second-order valence-corrected chi connectivity index (χ2v) is 5.32. The molecular formula is C17H16ClNO2. The standard InChI is InChI=1S/C17H16ClNO2/c1-2-19-10-12(16-7-6-14(20)9-17(16)19)11-21-15-5-3-4-13(18)8-15/h3-10,20H,2,11H2,1H3. The van der Waals surface area contributed by atoms with Crippen molar-refractivity contribution >= 4 is 22.5 Å². The van der Waals surface area contributed by atoms with Crippen LogP contribution >= 0.6 is 11.6 Å². The number of phenols is 1. The van der Waals surface area contributed by atoms with E-state index in [9.17, 15) is 5.11 Å². The van der Waals surface area contributed by atoms with Crippen molar-refractivity contribution < 1.29 is 9.84 Å². The molecule has 0 amide bonds. The van der Waals surface area contributed by atoms with E-state index in [1.54, 1.807) is 18.2 Å². The van der Waals surface area contributed by atoms with Gasteiger partial charge >= 0.3 is 0 Å². The third-order valence-corrected chi connectivity index (χ3v) is 3.71. The molecule has 0 unspecified atom stereocenters. The molecular weight excluding hydrogens is 286 g/mol. The van der Waals surface area contributed by atoms with Gasteiger partial charge in [-0.25, -0.2) is 0 Å². The average molecular weight is 302 g/mol. The zero-order chi connectivity index (χ0) is 14.8. The minimum atomic E-state index is 0.276.